The van der Waals surface area contributed by atoms with Gasteiger partial charge in [0, 0.05) is 19.3 Å². The molecular formula is C12H18ClNO2. The first-order chi connectivity index (χ1) is 7.63. The van der Waals surface area contributed by atoms with Crippen LogP contribution in [0, 0.1) is 0 Å². The SMILES string of the molecule is COCCNc1ccc(OC(C)C)c(Cl)c1. The maximum atomic E-state index is 6.09. The molecule has 90 valence electrons. The van der Waals surface area contributed by atoms with Gasteiger partial charge in [0.1, 0.15) is 5.75 Å². The molecule has 0 atom stereocenters. The number of benzene rings is 1. The van der Waals surface area contributed by atoms with E-state index in [1.807, 2.05) is 32.0 Å². The third-order valence-corrected chi connectivity index (χ3v) is 2.23. The van der Waals surface area contributed by atoms with Gasteiger partial charge in [-0.3, -0.25) is 0 Å². The average Bonchev–Trinajstić information content (AvgIpc) is 2.22. The van der Waals surface area contributed by atoms with Crippen LogP contribution < -0.4 is 10.1 Å². The first-order valence-corrected chi connectivity index (χ1v) is 5.70. The number of ether oxygens (including phenoxy) is 2. The fraction of sp³-hybridized carbons (Fsp3) is 0.500. The summed E-state index contributed by atoms with van der Waals surface area (Å²) in [6.07, 6.45) is 0.129. The predicted molar refractivity (Wildman–Crippen MR) is 67.6 cm³/mol. The monoisotopic (exact) mass is 243 g/mol. The summed E-state index contributed by atoms with van der Waals surface area (Å²) in [5.41, 5.74) is 0.971. The minimum atomic E-state index is 0.129. The maximum absolute atomic E-state index is 6.09. The Morgan fingerprint density at radius 1 is 1.38 bits per heavy atom. The molecule has 0 unspecified atom stereocenters. The van der Waals surface area contributed by atoms with E-state index in [2.05, 4.69) is 5.32 Å². The molecule has 0 aromatic heterocycles. The standard InChI is InChI=1S/C12H18ClNO2/c1-9(2)16-12-5-4-10(8-11(12)13)14-6-7-15-3/h4-5,8-9,14H,6-7H2,1-3H3. The van der Waals surface area contributed by atoms with Crippen LogP contribution in [0.3, 0.4) is 0 Å². The van der Waals surface area contributed by atoms with E-state index in [9.17, 15) is 0 Å². The summed E-state index contributed by atoms with van der Waals surface area (Å²) in [7, 11) is 1.67. The zero-order chi connectivity index (χ0) is 12.0. The summed E-state index contributed by atoms with van der Waals surface area (Å²) in [4.78, 5) is 0. The van der Waals surface area contributed by atoms with Crippen molar-refractivity contribution in [2.75, 3.05) is 25.6 Å². The van der Waals surface area contributed by atoms with Crippen molar-refractivity contribution in [2.45, 2.75) is 20.0 Å². The zero-order valence-electron chi connectivity index (χ0n) is 9.92. The first-order valence-electron chi connectivity index (χ1n) is 5.32. The number of hydrogen-bond acceptors (Lipinski definition) is 3. The van der Waals surface area contributed by atoms with Gasteiger partial charge >= 0.3 is 0 Å². The second-order valence-corrected chi connectivity index (χ2v) is 4.14. The zero-order valence-corrected chi connectivity index (χ0v) is 10.7. The largest absolute Gasteiger partial charge is 0.489 e. The Hall–Kier alpha value is -0.930. The van der Waals surface area contributed by atoms with E-state index in [1.165, 1.54) is 0 Å². The van der Waals surface area contributed by atoms with Gasteiger partial charge in [-0.25, -0.2) is 0 Å². The van der Waals surface area contributed by atoms with E-state index in [0.717, 1.165) is 12.2 Å². The quantitative estimate of drug-likeness (QED) is 0.779. The lowest BCUT2D eigenvalue weighted by molar-refractivity contribution is 0.211. The van der Waals surface area contributed by atoms with E-state index in [0.29, 0.717) is 17.4 Å². The number of methoxy groups -OCH3 is 1. The molecule has 0 aliphatic heterocycles. The Labute approximate surface area is 102 Å². The Morgan fingerprint density at radius 2 is 2.12 bits per heavy atom. The second-order valence-electron chi connectivity index (χ2n) is 3.73. The van der Waals surface area contributed by atoms with Crippen LogP contribution in [0.5, 0.6) is 5.75 Å². The van der Waals surface area contributed by atoms with Crippen LogP contribution in [0.25, 0.3) is 0 Å². The summed E-state index contributed by atoms with van der Waals surface area (Å²) >= 11 is 6.09. The highest BCUT2D eigenvalue weighted by molar-refractivity contribution is 6.32. The van der Waals surface area contributed by atoms with Crippen LogP contribution in [0.4, 0.5) is 5.69 Å². The molecule has 1 N–H and O–H groups in total. The number of nitrogens with one attached hydrogen (secondary N) is 1. The highest BCUT2D eigenvalue weighted by atomic mass is 35.5. The number of halogens is 1. The lowest BCUT2D eigenvalue weighted by Gasteiger charge is -2.13. The van der Waals surface area contributed by atoms with Crippen molar-refractivity contribution in [1.82, 2.24) is 0 Å². The Bertz CT molecular complexity index is 329. The summed E-state index contributed by atoms with van der Waals surface area (Å²) in [6, 6.07) is 5.67. The van der Waals surface area contributed by atoms with Gasteiger partial charge in [-0.05, 0) is 32.0 Å². The third kappa shape index (κ3) is 4.29. The van der Waals surface area contributed by atoms with Crippen molar-refractivity contribution < 1.29 is 9.47 Å². The average molecular weight is 244 g/mol. The van der Waals surface area contributed by atoms with Gasteiger partial charge in [0.15, 0.2) is 0 Å². The first kappa shape index (κ1) is 13.1. The highest BCUT2D eigenvalue weighted by Crippen LogP contribution is 2.28. The van der Waals surface area contributed by atoms with Crippen LogP contribution in [0.1, 0.15) is 13.8 Å². The van der Waals surface area contributed by atoms with Gasteiger partial charge in [0.25, 0.3) is 0 Å². The Kier molecular flexibility index (Phi) is 5.43. The summed E-state index contributed by atoms with van der Waals surface area (Å²) in [5, 5.41) is 3.82. The topological polar surface area (TPSA) is 30.5 Å². The van der Waals surface area contributed by atoms with Gasteiger partial charge in [-0.1, -0.05) is 11.6 Å². The van der Waals surface area contributed by atoms with Gasteiger partial charge < -0.3 is 14.8 Å². The molecule has 1 aromatic carbocycles. The Balaban J connectivity index is 2.60. The molecule has 0 aliphatic carbocycles. The number of hydrogen-bond donors (Lipinski definition) is 1. The van der Waals surface area contributed by atoms with E-state index >= 15 is 0 Å². The fourth-order valence-corrected chi connectivity index (χ4v) is 1.48. The van der Waals surface area contributed by atoms with Crippen LogP contribution in [-0.4, -0.2) is 26.4 Å². The van der Waals surface area contributed by atoms with Gasteiger partial charge in [-0.15, -0.1) is 0 Å². The van der Waals surface area contributed by atoms with E-state index in [-0.39, 0.29) is 6.10 Å². The Morgan fingerprint density at radius 3 is 2.69 bits per heavy atom. The minimum absolute atomic E-state index is 0.129. The van der Waals surface area contributed by atoms with E-state index in [1.54, 1.807) is 7.11 Å². The smallest absolute Gasteiger partial charge is 0.138 e. The molecule has 0 saturated carbocycles. The molecule has 0 radical (unpaired) electrons. The number of anilines is 1. The molecule has 0 aliphatic rings. The van der Waals surface area contributed by atoms with Crippen LogP contribution in [0.2, 0.25) is 5.02 Å². The molecule has 16 heavy (non-hydrogen) atoms. The molecule has 0 spiro atoms. The minimum Gasteiger partial charge on any atom is -0.489 e. The van der Waals surface area contributed by atoms with Crippen LogP contribution in [0.15, 0.2) is 18.2 Å². The van der Waals surface area contributed by atoms with Gasteiger partial charge in [-0.2, -0.15) is 0 Å². The lowest BCUT2D eigenvalue weighted by atomic mass is 10.3. The van der Waals surface area contributed by atoms with Crippen molar-refractivity contribution >= 4 is 17.3 Å². The maximum Gasteiger partial charge on any atom is 0.138 e. The molecule has 0 saturated heterocycles. The normalized spacial score (nSPS) is 10.6. The molecule has 3 nitrogen and oxygen atoms in total. The van der Waals surface area contributed by atoms with Crippen molar-refractivity contribution in [2.24, 2.45) is 0 Å². The van der Waals surface area contributed by atoms with Crippen molar-refractivity contribution in [1.29, 1.82) is 0 Å². The van der Waals surface area contributed by atoms with E-state index in [4.69, 9.17) is 21.1 Å². The summed E-state index contributed by atoms with van der Waals surface area (Å²) < 4.78 is 10.5. The molecular weight excluding hydrogens is 226 g/mol. The highest BCUT2D eigenvalue weighted by Gasteiger charge is 2.04. The molecule has 4 heteroatoms. The molecule has 1 aromatic rings. The van der Waals surface area contributed by atoms with Crippen molar-refractivity contribution in [3.8, 4) is 5.75 Å². The molecule has 0 heterocycles. The second kappa shape index (κ2) is 6.61. The molecule has 0 fully saturated rings. The molecule has 1 rings (SSSR count). The van der Waals surface area contributed by atoms with Crippen LogP contribution >= 0.6 is 11.6 Å². The molecule has 0 bridgehead atoms. The summed E-state index contributed by atoms with van der Waals surface area (Å²) in [6.45, 7) is 5.38. The van der Waals surface area contributed by atoms with Crippen molar-refractivity contribution in [3.05, 3.63) is 23.2 Å². The lowest BCUT2D eigenvalue weighted by Crippen LogP contribution is -2.08. The van der Waals surface area contributed by atoms with E-state index < -0.39 is 0 Å². The fourth-order valence-electron chi connectivity index (χ4n) is 1.26. The third-order valence-electron chi connectivity index (χ3n) is 1.93. The predicted octanol–water partition coefficient (Wildman–Crippen LogP) is 3.19. The summed E-state index contributed by atoms with van der Waals surface area (Å²) in [5.74, 6) is 0.717. The van der Waals surface area contributed by atoms with Crippen LogP contribution in [-0.2, 0) is 4.74 Å². The van der Waals surface area contributed by atoms with Gasteiger partial charge in [0.2, 0.25) is 0 Å². The van der Waals surface area contributed by atoms with Gasteiger partial charge in [0.05, 0.1) is 17.7 Å². The molecule has 0 amide bonds. The van der Waals surface area contributed by atoms with Crippen molar-refractivity contribution in [3.63, 3.8) is 0 Å². The number of rotatable bonds is 6.